The molecule has 0 saturated heterocycles. The van der Waals surface area contributed by atoms with Gasteiger partial charge in [0.15, 0.2) is 0 Å². The minimum Gasteiger partial charge on any atom is -0.356 e. The van der Waals surface area contributed by atoms with Crippen LogP contribution in [0.25, 0.3) is 21.8 Å². The van der Waals surface area contributed by atoms with Gasteiger partial charge in [0.25, 0.3) is 5.91 Å². The van der Waals surface area contributed by atoms with Gasteiger partial charge in [0.1, 0.15) is 0 Å². The number of aryl methyl sites for hydroxylation is 2. The Morgan fingerprint density at radius 1 is 0.593 bits per heavy atom. The predicted molar refractivity (Wildman–Crippen MR) is 226 cm³/mol. The highest BCUT2D eigenvalue weighted by atomic mass is 19.4. The SMILES string of the molecule is Cc1ccc(C(=O)N2CCc3c([nH]c4ccccc34)C2c2ccc(C)cc2)cc1.O=C(C1CCCC1)N1CCc2c([nH]c3ccccc23)C1c1ccc(C(F)(F)F)cc1. The van der Waals surface area contributed by atoms with E-state index in [1.54, 1.807) is 0 Å². The van der Waals surface area contributed by atoms with Gasteiger partial charge in [-0.25, -0.2) is 0 Å². The van der Waals surface area contributed by atoms with Crippen LogP contribution >= 0.6 is 0 Å². The fourth-order valence-electron chi connectivity index (χ4n) is 9.50. The van der Waals surface area contributed by atoms with E-state index in [4.69, 9.17) is 0 Å². The van der Waals surface area contributed by atoms with Crippen molar-refractivity contribution in [2.24, 2.45) is 5.92 Å². The third-order valence-corrected chi connectivity index (χ3v) is 12.6. The van der Waals surface area contributed by atoms with Crippen molar-refractivity contribution in [3.8, 4) is 0 Å². The van der Waals surface area contributed by atoms with Crippen LogP contribution in [0.15, 0.2) is 121 Å². The monoisotopic (exact) mass is 792 g/mol. The normalized spacial score (nSPS) is 18.1. The van der Waals surface area contributed by atoms with E-state index in [1.165, 1.54) is 28.6 Å². The maximum absolute atomic E-state index is 13.5. The topological polar surface area (TPSA) is 72.2 Å². The number of para-hydroxylation sites is 2. The average Bonchev–Trinajstić information content (AvgIpc) is 4.01. The van der Waals surface area contributed by atoms with Crippen LogP contribution in [-0.2, 0) is 23.8 Å². The first-order valence-corrected chi connectivity index (χ1v) is 20.7. The Balaban J connectivity index is 0.000000152. The zero-order chi connectivity index (χ0) is 40.8. The Hall–Kier alpha value is -6.09. The number of nitrogens with one attached hydrogen (secondary N) is 2. The number of hydrogen-bond donors (Lipinski definition) is 2. The molecule has 2 atom stereocenters. The van der Waals surface area contributed by atoms with Gasteiger partial charge in [0, 0.05) is 57.8 Å². The van der Waals surface area contributed by atoms with Crippen molar-refractivity contribution in [2.75, 3.05) is 13.1 Å². The summed E-state index contributed by atoms with van der Waals surface area (Å²) in [6.45, 7) is 5.42. The molecule has 2 aromatic heterocycles. The van der Waals surface area contributed by atoms with E-state index in [0.717, 1.165) is 101 Å². The highest BCUT2D eigenvalue weighted by Crippen LogP contribution is 2.42. The summed E-state index contributed by atoms with van der Waals surface area (Å²) in [5.74, 6) is 0.231. The number of carbonyl (C=O) groups is 2. The van der Waals surface area contributed by atoms with Crippen molar-refractivity contribution in [3.05, 3.63) is 177 Å². The molecule has 9 heteroatoms. The van der Waals surface area contributed by atoms with Crippen LogP contribution in [-0.4, -0.2) is 44.7 Å². The number of carbonyl (C=O) groups excluding carboxylic acids is 2. The van der Waals surface area contributed by atoms with Crippen molar-refractivity contribution in [1.29, 1.82) is 0 Å². The molecule has 2 aliphatic heterocycles. The lowest BCUT2D eigenvalue weighted by Crippen LogP contribution is -2.43. The maximum Gasteiger partial charge on any atom is 0.416 e. The summed E-state index contributed by atoms with van der Waals surface area (Å²) in [6.07, 6.45) is 1.15. The fraction of sp³-hybridized carbons (Fsp3) is 0.280. The molecule has 0 bridgehead atoms. The van der Waals surface area contributed by atoms with E-state index >= 15 is 0 Å². The third-order valence-electron chi connectivity index (χ3n) is 12.6. The minimum absolute atomic E-state index is 0.0212. The smallest absolute Gasteiger partial charge is 0.356 e. The summed E-state index contributed by atoms with van der Waals surface area (Å²) < 4.78 is 39.2. The minimum atomic E-state index is -4.38. The molecule has 300 valence electrons. The molecule has 1 aliphatic carbocycles. The molecular weight excluding hydrogens is 746 g/mol. The van der Waals surface area contributed by atoms with Gasteiger partial charge < -0.3 is 19.8 Å². The van der Waals surface area contributed by atoms with Crippen LogP contribution < -0.4 is 0 Å². The first-order valence-electron chi connectivity index (χ1n) is 20.7. The van der Waals surface area contributed by atoms with Gasteiger partial charge in [-0.15, -0.1) is 0 Å². The molecule has 4 heterocycles. The van der Waals surface area contributed by atoms with E-state index in [9.17, 15) is 22.8 Å². The zero-order valence-electron chi connectivity index (χ0n) is 33.3. The molecular formula is C50H47F3N4O2. The lowest BCUT2D eigenvalue weighted by molar-refractivity contribution is -0.138. The fourth-order valence-corrected chi connectivity index (χ4v) is 9.50. The second kappa shape index (κ2) is 15.6. The number of aromatic nitrogens is 2. The summed E-state index contributed by atoms with van der Waals surface area (Å²) in [6, 6.07) is 37.6. The number of aromatic amines is 2. The quantitative estimate of drug-likeness (QED) is 0.186. The number of halogens is 3. The van der Waals surface area contributed by atoms with Crippen LogP contribution in [0.1, 0.15) is 98.5 Å². The van der Waals surface area contributed by atoms with Crippen molar-refractivity contribution in [2.45, 2.75) is 70.6 Å². The van der Waals surface area contributed by atoms with Gasteiger partial charge in [0.2, 0.25) is 5.91 Å². The molecule has 5 aromatic carbocycles. The lowest BCUT2D eigenvalue weighted by Gasteiger charge is -2.38. The summed E-state index contributed by atoms with van der Waals surface area (Å²) in [5.41, 5.74) is 11.0. The van der Waals surface area contributed by atoms with E-state index in [-0.39, 0.29) is 23.8 Å². The third kappa shape index (κ3) is 7.32. The van der Waals surface area contributed by atoms with Crippen molar-refractivity contribution in [3.63, 3.8) is 0 Å². The standard InChI is InChI=1S/C26H24N2O.C24H23F3N2O/c1-17-7-11-19(12-8-17)25-24-22(21-5-3-4-6-23(21)27-24)15-16-28(25)26(29)20-13-9-18(2)10-14-20;25-24(26,27)17-11-9-15(10-12-17)22-21-19(18-7-3-4-8-20(18)28-21)13-14-29(22)23(30)16-5-1-2-6-16/h3-14,25,27H,15-16H2,1-2H3;3-4,7-12,16,22,28H,1-2,5-6,13-14H2. The summed E-state index contributed by atoms with van der Waals surface area (Å²) in [7, 11) is 0. The van der Waals surface area contributed by atoms with E-state index in [2.05, 4.69) is 71.5 Å². The van der Waals surface area contributed by atoms with Crippen molar-refractivity contribution < 1.29 is 22.8 Å². The van der Waals surface area contributed by atoms with E-state index in [1.807, 2.05) is 59.2 Å². The van der Waals surface area contributed by atoms with Crippen LogP contribution in [0.2, 0.25) is 0 Å². The Bertz CT molecular complexity index is 2630. The molecule has 0 spiro atoms. The molecule has 1 saturated carbocycles. The van der Waals surface area contributed by atoms with Gasteiger partial charge in [-0.3, -0.25) is 9.59 Å². The van der Waals surface area contributed by atoms with Crippen LogP contribution in [0, 0.1) is 19.8 Å². The first-order chi connectivity index (χ1) is 28.5. The Morgan fingerprint density at radius 3 is 1.58 bits per heavy atom. The van der Waals surface area contributed by atoms with Crippen LogP contribution in [0.3, 0.4) is 0 Å². The highest BCUT2D eigenvalue weighted by Gasteiger charge is 2.39. The number of alkyl halides is 3. The van der Waals surface area contributed by atoms with Crippen LogP contribution in [0.4, 0.5) is 13.2 Å². The molecule has 2 unspecified atom stereocenters. The Labute approximate surface area is 342 Å². The molecule has 2 N–H and O–H groups in total. The van der Waals surface area contributed by atoms with E-state index < -0.39 is 17.8 Å². The average molecular weight is 793 g/mol. The Morgan fingerprint density at radius 2 is 1.05 bits per heavy atom. The second-order valence-corrected chi connectivity index (χ2v) is 16.3. The zero-order valence-corrected chi connectivity index (χ0v) is 33.3. The number of amides is 2. The van der Waals surface area contributed by atoms with Crippen molar-refractivity contribution in [1.82, 2.24) is 19.8 Å². The molecule has 59 heavy (non-hydrogen) atoms. The number of nitrogens with zero attached hydrogens (tertiary/aromatic N) is 2. The second-order valence-electron chi connectivity index (χ2n) is 16.3. The number of H-pyrrole nitrogens is 2. The van der Waals surface area contributed by atoms with E-state index in [0.29, 0.717) is 18.7 Å². The van der Waals surface area contributed by atoms with Gasteiger partial charge in [0.05, 0.1) is 17.6 Å². The predicted octanol–water partition coefficient (Wildman–Crippen LogP) is 11.4. The summed E-state index contributed by atoms with van der Waals surface area (Å²) in [5, 5.41) is 2.39. The molecule has 0 radical (unpaired) electrons. The molecule has 6 nitrogen and oxygen atoms in total. The largest absolute Gasteiger partial charge is 0.416 e. The maximum atomic E-state index is 13.5. The number of fused-ring (bicyclic) bond motifs is 6. The summed E-state index contributed by atoms with van der Waals surface area (Å²) in [4.78, 5) is 37.9. The number of hydrogen-bond acceptors (Lipinski definition) is 2. The van der Waals surface area contributed by atoms with Gasteiger partial charge in [-0.2, -0.15) is 13.2 Å². The van der Waals surface area contributed by atoms with Crippen molar-refractivity contribution >= 4 is 33.6 Å². The summed E-state index contributed by atoms with van der Waals surface area (Å²) >= 11 is 0. The first kappa shape index (κ1) is 38.4. The highest BCUT2D eigenvalue weighted by molar-refractivity contribution is 5.96. The molecule has 2 amide bonds. The molecule has 10 rings (SSSR count). The molecule has 1 fully saturated rings. The van der Waals surface area contributed by atoms with Crippen LogP contribution in [0.5, 0.6) is 0 Å². The van der Waals surface area contributed by atoms with Gasteiger partial charge in [-0.1, -0.05) is 109 Å². The number of benzene rings is 5. The van der Waals surface area contributed by atoms with Gasteiger partial charge >= 0.3 is 6.18 Å². The molecule has 3 aliphatic rings. The Kier molecular flexibility index (Phi) is 10.2. The molecule has 7 aromatic rings. The lowest BCUT2D eigenvalue weighted by atomic mass is 9.90. The van der Waals surface area contributed by atoms with Gasteiger partial charge in [-0.05, 0) is 98.2 Å². The number of rotatable bonds is 4.